The van der Waals surface area contributed by atoms with E-state index in [9.17, 15) is 66.1 Å². The van der Waals surface area contributed by atoms with Gasteiger partial charge in [-0.15, -0.1) is 0 Å². The zero-order valence-corrected chi connectivity index (χ0v) is 34.6. The molecule has 3 saturated heterocycles. The third-order valence-corrected chi connectivity index (χ3v) is 11.0. The molecule has 0 spiro atoms. The first kappa shape index (κ1) is 47.5. The number of aliphatic hydroxyl groups is 8. The number of ether oxygens (including phenoxy) is 7. The highest BCUT2D eigenvalue weighted by atomic mass is 16.8. The summed E-state index contributed by atoms with van der Waals surface area (Å²) in [6.45, 7) is -1.86. The van der Waals surface area contributed by atoms with Crippen LogP contribution >= 0.6 is 0 Å². The molecule has 3 fully saturated rings. The quantitative estimate of drug-likeness (QED) is 0.0331. The van der Waals surface area contributed by atoms with Crippen molar-refractivity contribution in [3.8, 4) is 40.1 Å². The predicted molar refractivity (Wildman–Crippen MR) is 220 cm³/mol. The van der Waals surface area contributed by atoms with Gasteiger partial charge >= 0.3 is 17.3 Å². The van der Waals surface area contributed by atoms with Gasteiger partial charge in [0.1, 0.15) is 84.5 Å². The fourth-order valence-corrected chi connectivity index (χ4v) is 7.24. The van der Waals surface area contributed by atoms with Crippen LogP contribution in [0.1, 0.15) is 5.56 Å². The second kappa shape index (κ2) is 20.0. The molecular weight excluding hydrogens is 866 g/mol. The largest absolute Gasteiger partial charge is 0.507 e. The van der Waals surface area contributed by atoms with Crippen molar-refractivity contribution >= 4 is 28.7 Å². The summed E-state index contributed by atoms with van der Waals surface area (Å²) < 4.78 is 46.1. The lowest BCUT2D eigenvalue weighted by Crippen LogP contribution is -2.64. The van der Waals surface area contributed by atoms with E-state index in [0.29, 0.717) is 5.56 Å². The number of benzene rings is 3. The molecule has 14 atom stereocenters. The Bertz CT molecular complexity index is 2310. The highest BCUT2D eigenvalue weighted by Gasteiger charge is 2.52. The standard InChI is InChI=1S/C43H49NO21/c1-44(2)20-7-3-18(4-8-20)5-10-31(50)58-16-29-33(52)35(54)38(57)41(63-29)60-17-30-34(53)36(55)40(65-42-37(56)32(51)26(49)15-59-42)43(64-30)62-28-14-22-24(47)12-21(45)13-27(22)61-39(28)19-6-9-23(46)25(48)11-19/h3-14,26,29-30,32-38,40-43,49,51-57H,15-17H2,1-2H3,(H3-,45,46,47,48)/p+1/b10-5+/t26-,29-,30-,32+,33-,34+,35+,36+,37-,38-,40-,41-,42+,43-/m1/s1. The van der Waals surface area contributed by atoms with E-state index >= 15 is 0 Å². The van der Waals surface area contributed by atoms with Gasteiger partial charge in [0.25, 0.3) is 0 Å². The minimum Gasteiger partial charge on any atom is -0.507 e. The Morgan fingerprint density at radius 1 is 0.723 bits per heavy atom. The Morgan fingerprint density at radius 3 is 2.11 bits per heavy atom. The molecule has 3 aromatic carbocycles. The van der Waals surface area contributed by atoms with E-state index in [2.05, 4.69) is 0 Å². The van der Waals surface area contributed by atoms with E-state index in [4.69, 9.17) is 37.6 Å². The van der Waals surface area contributed by atoms with Gasteiger partial charge in [-0.05, 0) is 35.9 Å². The summed E-state index contributed by atoms with van der Waals surface area (Å²) in [5.74, 6) is -3.27. The van der Waals surface area contributed by atoms with Gasteiger partial charge in [-0.3, -0.25) is 0 Å². The molecule has 4 aromatic rings. The molecule has 3 aliphatic rings. The van der Waals surface area contributed by atoms with Gasteiger partial charge in [-0.2, -0.15) is 0 Å². The zero-order valence-electron chi connectivity index (χ0n) is 34.6. The van der Waals surface area contributed by atoms with Crippen LogP contribution in [0.25, 0.3) is 28.4 Å². The minimum absolute atomic E-state index is 0.0308. The van der Waals surface area contributed by atoms with Crippen molar-refractivity contribution in [2.45, 2.75) is 86.0 Å². The fourth-order valence-electron chi connectivity index (χ4n) is 7.24. The van der Waals surface area contributed by atoms with Gasteiger partial charge in [0, 0.05) is 44.1 Å². The third-order valence-electron chi connectivity index (χ3n) is 11.0. The molecule has 0 bridgehead atoms. The number of fused-ring (bicyclic) bond motifs is 1. The second-order valence-electron chi connectivity index (χ2n) is 15.8. The third kappa shape index (κ3) is 10.5. The maximum atomic E-state index is 12.6. The average molecular weight is 917 g/mol. The molecule has 4 heterocycles. The van der Waals surface area contributed by atoms with E-state index < -0.39 is 129 Å². The molecule has 0 radical (unpaired) electrons. The molecule has 0 unspecified atom stereocenters. The maximum absolute atomic E-state index is 12.6. The van der Waals surface area contributed by atoms with Crippen molar-refractivity contribution in [2.24, 2.45) is 0 Å². The highest BCUT2D eigenvalue weighted by Crippen LogP contribution is 2.43. The molecular formula is C43H50NO21+. The van der Waals surface area contributed by atoms with Crippen molar-refractivity contribution < 1.29 is 104 Å². The van der Waals surface area contributed by atoms with Crippen LogP contribution in [0.15, 0.2) is 71.2 Å². The number of hydrogen-bond acceptors (Lipinski definition) is 21. The van der Waals surface area contributed by atoms with Crippen molar-refractivity contribution in [3.05, 3.63) is 72.3 Å². The maximum Gasteiger partial charge on any atom is 0.402 e. The number of anilines is 1. The van der Waals surface area contributed by atoms with Crippen molar-refractivity contribution in [1.82, 2.24) is 0 Å². The summed E-state index contributed by atoms with van der Waals surface area (Å²) in [6, 6.07) is 14.2. The van der Waals surface area contributed by atoms with Crippen molar-refractivity contribution in [2.75, 3.05) is 38.8 Å². The number of phenolic OH excluding ortho intramolecular Hbond substituents is 4. The predicted octanol–water partition coefficient (Wildman–Crippen LogP) is -1.00. The molecule has 22 nitrogen and oxygen atoms in total. The Hall–Kier alpha value is -5.44. The van der Waals surface area contributed by atoms with Crippen LogP contribution in [-0.2, 0) is 33.2 Å². The molecule has 22 heteroatoms. The molecule has 1 aromatic heterocycles. The summed E-state index contributed by atoms with van der Waals surface area (Å²) in [6.07, 6.45) is -22.3. The minimum atomic E-state index is -2.01. The second-order valence-corrected chi connectivity index (χ2v) is 15.8. The molecule has 65 heavy (non-hydrogen) atoms. The van der Waals surface area contributed by atoms with Gasteiger partial charge < -0.3 is 99.3 Å². The molecule has 3 aliphatic heterocycles. The molecule has 0 aliphatic carbocycles. The van der Waals surface area contributed by atoms with Gasteiger partial charge in [-0.1, -0.05) is 12.1 Å². The van der Waals surface area contributed by atoms with Gasteiger partial charge in [0.15, 0.2) is 30.2 Å². The van der Waals surface area contributed by atoms with Crippen LogP contribution in [0.2, 0.25) is 0 Å². The van der Waals surface area contributed by atoms with E-state index in [1.165, 1.54) is 18.2 Å². The monoisotopic (exact) mass is 916 g/mol. The number of carbonyl (C=O) groups is 1. The number of carbonyl (C=O) groups excluding carboxylic acids is 1. The van der Waals surface area contributed by atoms with Gasteiger partial charge in [-0.25, -0.2) is 9.21 Å². The number of rotatable bonds is 13. The van der Waals surface area contributed by atoms with E-state index in [1.807, 2.05) is 31.1 Å². The van der Waals surface area contributed by atoms with Crippen LogP contribution in [0.4, 0.5) is 5.69 Å². The molecule has 352 valence electrons. The van der Waals surface area contributed by atoms with Crippen molar-refractivity contribution in [1.29, 1.82) is 0 Å². The summed E-state index contributed by atoms with van der Waals surface area (Å²) in [7, 11) is 3.76. The zero-order chi connectivity index (χ0) is 46.9. The van der Waals surface area contributed by atoms with E-state index in [-0.39, 0.29) is 33.8 Å². The van der Waals surface area contributed by atoms with Crippen LogP contribution < -0.4 is 9.64 Å². The Balaban J connectivity index is 1.11. The number of hydrogen-bond donors (Lipinski definition) is 12. The summed E-state index contributed by atoms with van der Waals surface area (Å²) in [5.41, 5.74) is 1.61. The first-order valence-corrected chi connectivity index (χ1v) is 20.2. The Labute approximate surface area is 369 Å². The van der Waals surface area contributed by atoms with Crippen LogP contribution in [0.5, 0.6) is 28.7 Å². The summed E-state index contributed by atoms with van der Waals surface area (Å²) in [4.78, 5) is 14.5. The number of phenols is 4. The van der Waals surface area contributed by atoms with Crippen LogP contribution in [0, 0.1) is 0 Å². The SMILES string of the molecule is CN(C)c1ccc(/C=C/C(=O)OC[C@H]2O[C@@H](OC[C@H]3O[C@@H](Oc4cc5c(O)cc(O)cc5[o+]c4-c4ccc(O)c(O)c4)[C@H](O[C@@H]4OC[C@@H](O)[C@H](O)[C@H]4O)[C@@H](O)[C@H]3O)[C@H](O)[C@@H](O)[C@@H]2O)cc1. The first-order chi connectivity index (χ1) is 30.9. The first-order valence-electron chi connectivity index (χ1n) is 20.2. The Morgan fingerprint density at radius 2 is 1.40 bits per heavy atom. The lowest BCUT2D eigenvalue weighted by atomic mass is 9.98. The lowest BCUT2D eigenvalue weighted by molar-refractivity contribution is -0.353. The number of nitrogens with zero attached hydrogens (tertiary/aromatic N) is 1. The normalized spacial score (nSPS) is 31.8. The van der Waals surface area contributed by atoms with Crippen LogP contribution in [0.3, 0.4) is 0 Å². The number of aliphatic hydroxyl groups excluding tert-OH is 8. The molecule has 12 N–H and O–H groups in total. The summed E-state index contributed by atoms with van der Waals surface area (Å²) >= 11 is 0. The Kier molecular flexibility index (Phi) is 14.6. The fraction of sp³-hybridized carbons (Fsp3) is 0.442. The molecule has 7 rings (SSSR count). The van der Waals surface area contributed by atoms with Crippen molar-refractivity contribution in [3.63, 3.8) is 0 Å². The number of esters is 1. The molecule has 0 amide bonds. The lowest BCUT2D eigenvalue weighted by Gasteiger charge is -2.45. The van der Waals surface area contributed by atoms with Gasteiger partial charge in [0.2, 0.25) is 12.0 Å². The van der Waals surface area contributed by atoms with Gasteiger partial charge in [0.05, 0.1) is 24.8 Å². The van der Waals surface area contributed by atoms with E-state index in [1.54, 1.807) is 12.1 Å². The highest BCUT2D eigenvalue weighted by molar-refractivity contribution is 5.89. The van der Waals surface area contributed by atoms with Crippen LogP contribution in [-0.4, -0.2) is 187 Å². The molecule has 0 saturated carbocycles. The van der Waals surface area contributed by atoms with E-state index in [0.717, 1.165) is 36.0 Å². The average Bonchev–Trinajstić information content (AvgIpc) is 3.28. The topological polar surface area (TPSA) is 339 Å². The smallest absolute Gasteiger partial charge is 0.402 e. The number of aromatic hydroxyl groups is 4. The summed E-state index contributed by atoms with van der Waals surface area (Å²) in [5, 5.41) is 127.